The Labute approximate surface area is 129 Å². The molecular weight excluding hydrogens is 252 g/mol. The van der Waals surface area contributed by atoms with E-state index in [1.165, 1.54) is 41.4 Å². The summed E-state index contributed by atoms with van der Waals surface area (Å²) >= 11 is 0. The maximum absolute atomic E-state index is 2.30. The third-order valence-corrected chi connectivity index (χ3v) is 4.43. The summed E-state index contributed by atoms with van der Waals surface area (Å²) in [5.41, 5.74) is 0. The molecule has 10 radical (unpaired) electrons. The van der Waals surface area contributed by atoms with E-state index in [4.69, 9.17) is 0 Å². The Morgan fingerprint density at radius 3 is 1.76 bits per heavy atom. The van der Waals surface area contributed by atoms with Crippen LogP contribution in [0.3, 0.4) is 0 Å². The predicted octanol–water partition coefficient (Wildman–Crippen LogP) is 4.70. The van der Waals surface area contributed by atoms with Crippen LogP contribution in [0.25, 0.3) is 0 Å². The summed E-state index contributed by atoms with van der Waals surface area (Å²) in [6, 6.07) is 0. The molecule has 0 aromatic rings. The van der Waals surface area contributed by atoms with Gasteiger partial charge in [-0.05, 0) is 49.9 Å². The Hall–Kier alpha value is -1.04. The van der Waals surface area contributed by atoms with Crippen molar-refractivity contribution >= 4 is 0 Å². The molecule has 2 saturated carbocycles. The van der Waals surface area contributed by atoms with E-state index in [1.807, 2.05) is 0 Å². The summed E-state index contributed by atoms with van der Waals surface area (Å²) in [7, 11) is 0. The summed E-state index contributed by atoms with van der Waals surface area (Å²) in [6.45, 7) is 2.16. The van der Waals surface area contributed by atoms with Gasteiger partial charge in [0.2, 0.25) is 0 Å². The first-order valence-corrected chi connectivity index (χ1v) is 7.60. The lowest BCUT2D eigenvalue weighted by Crippen LogP contribution is -2.11. The first kappa shape index (κ1) is 13.6. The highest BCUT2D eigenvalue weighted by molar-refractivity contribution is 5.76. The van der Waals surface area contributed by atoms with Crippen LogP contribution in [0.15, 0.2) is 48.6 Å². The standard InChI is InChI=1S/C21H18/c1-15-10-11-16(14-15)12-13-21-19-8-4-2-6-17(19)18-7-3-5-9-20(18)21/h2-11,14H,12-13H2,1H3. The molecule has 0 saturated heterocycles. The molecule has 0 heteroatoms. The zero-order valence-corrected chi connectivity index (χ0v) is 12.3. The van der Waals surface area contributed by atoms with Crippen molar-refractivity contribution in [3.63, 3.8) is 0 Å². The third-order valence-electron chi connectivity index (χ3n) is 4.43. The summed E-state index contributed by atoms with van der Waals surface area (Å²) in [6.07, 6.45) is 26.6. The Balaban J connectivity index is 1.48. The van der Waals surface area contributed by atoms with Gasteiger partial charge in [0.25, 0.3) is 0 Å². The summed E-state index contributed by atoms with van der Waals surface area (Å²) in [5.74, 6) is 9.93. The van der Waals surface area contributed by atoms with Crippen molar-refractivity contribution in [1.82, 2.24) is 0 Å². The molecule has 0 bridgehead atoms. The fraction of sp³-hybridized carbons (Fsp3) is 0.143. The van der Waals surface area contributed by atoms with Gasteiger partial charge in [-0.3, -0.25) is 0 Å². The minimum absolute atomic E-state index is 1.11. The number of rotatable bonds is 3. The minimum atomic E-state index is 1.11. The van der Waals surface area contributed by atoms with Crippen molar-refractivity contribution in [3.8, 4) is 0 Å². The van der Waals surface area contributed by atoms with Crippen LogP contribution in [0.1, 0.15) is 19.8 Å². The number of hydrogen-bond donors (Lipinski definition) is 0. The zero-order valence-electron chi connectivity index (χ0n) is 12.3. The van der Waals surface area contributed by atoms with Crippen molar-refractivity contribution in [2.24, 2.45) is 0 Å². The van der Waals surface area contributed by atoms with Crippen LogP contribution in [0, 0.1) is 60.7 Å². The molecular formula is C21H18. The van der Waals surface area contributed by atoms with E-state index in [1.54, 1.807) is 0 Å². The largest absolute Gasteiger partial charge is 0.0758 e. The van der Waals surface area contributed by atoms with Crippen LogP contribution < -0.4 is 0 Å². The van der Waals surface area contributed by atoms with Crippen LogP contribution >= 0.6 is 0 Å². The van der Waals surface area contributed by atoms with Crippen molar-refractivity contribution in [3.05, 3.63) is 109 Å². The lowest BCUT2D eigenvalue weighted by atomic mass is 9.80. The Kier molecular flexibility index (Phi) is 3.65. The van der Waals surface area contributed by atoms with Crippen molar-refractivity contribution in [1.29, 1.82) is 0 Å². The van der Waals surface area contributed by atoms with Crippen LogP contribution in [0.2, 0.25) is 0 Å². The van der Waals surface area contributed by atoms with Gasteiger partial charge in [-0.15, -0.1) is 0 Å². The fourth-order valence-corrected chi connectivity index (χ4v) is 3.43. The highest BCUT2D eigenvalue weighted by Gasteiger charge is 2.49. The summed E-state index contributed by atoms with van der Waals surface area (Å²) < 4.78 is 0. The van der Waals surface area contributed by atoms with Crippen LogP contribution in [-0.4, -0.2) is 0 Å². The molecule has 2 fully saturated rings. The molecule has 0 aromatic carbocycles. The molecule has 4 rings (SSSR count). The average molecular weight is 270 g/mol. The molecule has 0 heterocycles. The van der Waals surface area contributed by atoms with Gasteiger partial charge in [0, 0.05) is 23.7 Å². The summed E-state index contributed by atoms with van der Waals surface area (Å²) in [4.78, 5) is 0. The highest BCUT2D eigenvalue weighted by Crippen LogP contribution is 2.59. The first-order chi connectivity index (χ1) is 10.3. The number of fused-ring (bicyclic) bond motifs is 3. The third kappa shape index (κ3) is 2.47. The Bertz CT molecular complexity index is 458. The highest BCUT2D eigenvalue weighted by atomic mass is 14.5. The van der Waals surface area contributed by atoms with E-state index in [0.29, 0.717) is 0 Å². The lowest BCUT2D eigenvalue weighted by Gasteiger charge is -2.23. The van der Waals surface area contributed by atoms with Gasteiger partial charge in [0.05, 0.1) is 0 Å². The van der Waals surface area contributed by atoms with E-state index < -0.39 is 0 Å². The van der Waals surface area contributed by atoms with Gasteiger partial charge in [-0.2, -0.15) is 0 Å². The second kappa shape index (κ2) is 5.63. The van der Waals surface area contributed by atoms with Gasteiger partial charge in [0.15, 0.2) is 0 Å². The van der Waals surface area contributed by atoms with Crippen molar-refractivity contribution in [2.45, 2.75) is 19.8 Å². The smallest absolute Gasteiger partial charge is 0.0209 e. The van der Waals surface area contributed by atoms with Gasteiger partial charge in [-0.25, -0.2) is 0 Å². The SMILES string of the molecule is C[C]1[CH][CH][C](CC[C]2[C]3C=CC=C[C]3[C]3C=CC=C[C]32)[CH]1. The second-order valence-corrected chi connectivity index (χ2v) is 5.87. The quantitative estimate of drug-likeness (QED) is 0.697. The Morgan fingerprint density at radius 2 is 1.24 bits per heavy atom. The zero-order chi connectivity index (χ0) is 14.2. The van der Waals surface area contributed by atoms with Crippen molar-refractivity contribution < 1.29 is 0 Å². The van der Waals surface area contributed by atoms with Gasteiger partial charge >= 0.3 is 0 Å². The molecule has 0 spiro atoms. The molecule has 0 aliphatic heterocycles. The van der Waals surface area contributed by atoms with Gasteiger partial charge in [0.1, 0.15) is 0 Å². The van der Waals surface area contributed by atoms with E-state index in [-0.39, 0.29) is 0 Å². The molecule has 0 N–H and O–H groups in total. The maximum Gasteiger partial charge on any atom is 0.0209 e. The molecule has 0 aromatic heterocycles. The van der Waals surface area contributed by atoms with Crippen LogP contribution in [0.4, 0.5) is 0 Å². The van der Waals surface area contributed by atoms with E-state index >= 15 is 0 Å². The van der Waals surface area contributed by atoms with E-state index in [2.05, 4.69) is 74.8 Å². The maximum atomic E-state index is 2.30. The molecule has 102 valence electrons. The molecule has 4 aliphatic rings. The first-order valence-electron chi connectivity index (χ1n) is 7.60. The molecule has 0 nitrogen and oxygen atoms in total. The van der Waals surface area contributed by atoms with Crippen LogP contribution in [0.5, 0.6) is 0 Å². The van der Waals surface area contributed by atoms with E-state index in [9.17, 15) is 0 Å². The number of hydrogen-bond acceptors (Lipinski definition) is 0. The molecule has 21 heavy (non-hydrogen) atoms. The molecule has 4 aliphatic carbocycles. The number of allylic oxidation sites excluding steroid dienone is 8. The minimum Gasteiger partial charge on any atom is -0.0758 e. The van der Waals surface area contributed by atoms with Gasteiger partial charge < -0.3 is 0 Å². The monoisotopic (exact) mass is 270 g/mol. The second-order valence-electron chi connectivity index (χ2n) is 5.87. The fourth-order valence-electron chi connectivity index (χ4n) is 3.43. The van der Waals surface area contributed by atoms with Crippen LogP contribution in [-0.2, 0) is 0 Å². The molecule has 0 atom stereocenters. The Morgan fingerprint density at radius 1 is 0.667 bits per heavy atom. The predicted molar refractivity (Wildman–Crippen MR) is 87.1 cm³/mol. The topological polar surface area (TPSA) is 0 Å². The summed E-state index contributed by atoms with van der Waals surface area (Å²) in [5, 5.41) is 0. The van der Waals surface area contributed by atoms with Gasteiger partial charge in [-0.1, -0.05) is 55.5 Å². The van der Waals surface area contributed by atoms with E-state index in [0.717, 1.165) is 12.8 Å². The van der Waals surface area contributed by atoms with Crippen molar-refractivity contribution in [2.75, 3.05) is 0 Å². The molecule has 0 amide bonds. The average Bonchev–Trinajstić information content (AvgIpc) is 3.07. The molecule has 0 unspecified atom stereocenters. The lowest BCUT2D eigenvalue weighted by molar-refractivity contribution is 0.787. The normalized spacial score (nSPS) is 28.8.